The third-order valence-electron chi connectivity index (χ3n) is 7.44. The second kappa shape index (κ2) is 14.2. The van der Waals surface area contributed by atoms with Crippen molar-refractivity contribution in [3.63, 3.8) is 0 Å². The average Bonchev–Trinajstić information content (AvgIpc) is 3.75. The van der Waals surface area contributed by atoms with E-state index >= 15 is 0 Å². The molecular formula is C29H28N4O11S3. The molecule has 15 nitrogen and oxygen atoms in total. The maximum Gasteiger partial charge on any atom is 0.410 e. The predicted molar refractivity (Wildman–Crippen MR) is 171 cm³/mol. The molecule has 3 aliphatic heterocycles. The second-order valence-corrected chi connectivity index (χ2v) is 14.4. The summed E-state index contributed by atoms with van der Waals surface area (Å²) >= 11 is 3.24. The number of thioether (sulfide) groups is 2. The van der Waals surface area contributed by atoms with Crippen molar-refractivity contribution in [2.75, 3.05) is 18.5 Å². The first-order valence-electron chi connectivity index (χ1n) is 14.1. The van der Waals surface area contributed by atoms with Crippen LogP contribution in [0.15, 0.2) is 59.0 Å². The van der Waals surface area contributed by atoms with Crippen molar-refractivity contribution < 1.29 is 48.6 Å². The molecule has 248 valence electrons. The number of esters is 1. The number of carboxylic acids is 1. The molecule has 2 saturated heterocycles. The number of likely N-dealkylation sites (tertiary alicyclic amines) is 1. The van der Waals surface area contributed by atoms with Gasteiger partial charge in [0.25, 0.3) is 5.69 Å². The van der Waals surface area contributed by atoms with Crippen LogP contribution in [0.3, 0.4) is 0 Å². The number of β-lactam (4-membered cyclic amide) rings is 1. The molecule has 3 N–H and O–H groups in total. The molecule has 3 aliphatic rings. The van der Waals surface area contributed by atoms with E-state index in [0.29, 0.717) is 14.8 Å². The van der Waals surface area contributed by atoms with E-state index in [1.54, 1.807) is 0 Å². The molecule has 3 amide bonds. The molecule has 0 radical (unpaired) electrons. The molecule has 0 bridgehead atoms. The SMILES string of the molecule is C=CCOC(=O)c1ccc(NC(=O)[C@@H]2C[C@H](SC3=C(C(=O)O)N4C(=O)[C@H](C(C)O)[C@H]4S3)CN2C(=O)OCc2ccc([N+](=O)[O-])cc2)s1. The molecule has 1 aromatic heterocycles. The van der Waals surface area contributed by atoms with Gasteiger partial charge in [-0.15, -0.1) is 23.1 Å². The molecule has 4 heterocycles. The number of benzene rings is 1. The first kappa shape index (κ1) is 34.0. The molecule has 2 aromatic rings. The van der Waals surface area contributed by atoms with E-state index in [1.807, 2.05) is 0 Å². The highest BCUT2D eigenvalue weighted by atomic mass is 32.2. The molecule has 1 aromatic carbocycles. The van der Waals surface area contributed by atoms with Crippen molar-refractivity contribution in [3.05, 3.63) is 79.5 Å². The summed E-state index contributed by atoms with van der Waals surface area (Å²) in [5.74, 6) is -3.74. The van der Waals surface area contributed by atoms with Crippen LogP contribution in [0.1, 0.15) is 28.6 Å². The van der Waals surface area contributed by atoms with Crippen LogP contribution in [0.2, 0.25) is 0 Å². The minimum Gasteiger partial charge on any atom is -0.477 e. The zero-order valence-electron chi connectivity index (χ0n) is 24.6. The number of hydrogen-bond acceptors (Lipinski definition) is 13. The standard InChI is InChI=1S/C29H28N4O11S3/c1-3-10-43-27(39)19-8-9-20(46-19)30-23(35)18-11-17(12-31(18)29(40)44-13-15-4-6-16(7-5-15)33(41)42)45-28-22(26(37)38)32-24(36)21(14(2)34)25(32)47-28/h3-9,14,17-18,21,25,34H,1,10-13H2,2H3,(H,30,35)(H,37,38)/t14?,17-,18-,21-,25+/m0/s1. The Morgan fingerprint density at radius 2 is 1.94 bits per heavy atom. The van der Waals surface area contributed by atoms with Crippen molar-refractivity contribution >= 4 is 75.4 Å². The summed E-state index contributed by atoms with van der Waals surface area (Å²) < 4.78 is 10.8. The van der Waals surface area contributed by atoms with Crippen molar-refractivity contribution in [3.8, 4) is 0 Å². The Kier molecular flexibility index (Phi) is 10.2. The van der Waals surface area contributed by atoms with Crippen LogP contribution in [-0.4, -0.2) is 90.7 Å². The summed E-state index contributed by atoms with van der Waals surface area (Å²) in [5, 5.41) is 32.9. The van der Waals surface area contributed by atoms with Gasteiger partial charge in [0.15, 0.2) is 5.70 Å². The number of aliphatic carboxylic acids is 1. The number of carboxylic acid groups (broad SMARTS) is 1. The van der Waals surface area contributed by atoms with Crippen molar-refractivity contribution in [1.29, 1.82) is 0 Å². The van der Waals surface area contributed by atoms with E-state index in [4.69, 9.17) is 9.47 Å². The van der Waals surface area contributed by atoms with Gasteiger partial charge in [0.05, 0.1) is 26.2 Å². The molecule has 2 fully saturated rings. The van der Waals surface area contributed by atoms with Gasteiger partial charge >= 0.3 is 18.0 Å². The summed E-state index contributed by atoms with van der Waals surface area (Å²) in [5.41, 5.74) is 0.138. The number of hydrogen-bond donors (Lipinski definition) is 3. The maximum atomic E-state index is 13.5. The van der Waals surface area contributed by atoms with Crippen LogP contribution >= 0.6 is 34.9 Å². The minimum absolute atomic E-state index is 0.0131. The highest BCUT2D eigenvalue weighted by Gasteiger charge is 2.58. The lowest BCUT2D eigenvalue weighted by Gasteiger charge is -2.43. The third kappa shape index (κ3) is 7.14. The van der Waals surface area contributed by atoms with Crippen molar-refractivity contribution in [1.82, 2.24) is 9.80 Å². The Bertz CT molecular complexity index is 1660. The van der Waals surface area contributed by atoms with Crippen molar-refractivity contribution in [2.24, 2.45) is 5.92 Å². The normalized spacial score (nSPS) is 22.3. The summed E-state index contributed by atoms with van der Waals surface area (Å²) in [7, 11) is 0. The highest BCUT2D eigenvalue weighted by molar-refractivity contribution is 8.23. The lowest BCUT2D eigenvalue weighted by molar-refractivity contribution is -0.384. The number of anilines is 1. The number of nitro benzene ring substituents is 1. The van der Waals surface area contributed by atoms with Crippen LogP contribution in [-0.2, 0) is 30.5 Å². The van der Waals surface area contributed by atoms with E-state index < -0.39 is 63.5 Å². The van der Waals surface area contributed by atoms with Crippen molar-refractivity contribution in [2.45, 2.75) is 42.7 Å². The van der Waals surface area contributed by atoms with Gasteiger partial charge in [0.1, 0.15) is 29.5 Å². The maximum absolute atomic E-state index is 13.5. The molecule has 47 heavy (non-hydrogen) atoms. The average molecular weight is 705 g/mol. The zero-order valence-corrected chi connectivity index (χ0v) is 27.0. The first-order valence-corrected chi connectivity index (χ1v) is 16.6. The number of ether oxygens (including phenoxy) is 2. The third-order valence-corrected chi connectivity index (χ3v) is 11.2. The Labute approximate surface area is 279 Å². The molecule has 5 atom stereocenters. The lowest BCUT2D eigenvalue weighted by atomic mass is 9.92. The number of aliphatic hydroxyl groups excluding tert-OH is 1. The Morgan fingerprint density at radius 1 is 1.21 bits per heavy atom. The predicted octanol–water partition coefficient (Wildman–Crippen LogP) is 3.62. The van der Waals surface area contributed by atoms with Crippen LogP contribution in [0, 0.1) is 16.0 Å². The lowest BCUT2D eigenvalue weighted by Crippen LogP contribution is -2.60. The smallest absolute Gasteiger partial charge is 0.410 e. The summed E-state index contributed by atoms with van der Waals surface area (Å²) in [6.45, 7) is 4.73. The number of carbonyl (C=O) groups excluding carboxylic acids is 4. The number of thiophene rings is 1. The van der Waals surface area contributed by atoms with Gasteiger partial charge < -0.3 is 25.0 Å². The quantitative estimate of drug-likeness (QED) is 0.0950. The van der Waals surface area contributed by atoms with Crippen LogP contribution in [0.4, 0.5) is 15.5 Å². The largest absolute Gasteiger partial charge is 0.477 e. The number of nitrogens with zero attached hydrogens (tertiary/aromatic N) is 3. The molecule has 0 spiro atoms. The van der Waals surface area contributed by atoms with Gasteiger partial charge in [0.2, 0.25) is 11.8 Å². The van der Waals surface area contributed by atoms with E-state index in [1.165, 1.54) is 54.3 Å². The van der Waals surface area contributed by atoms with Gasteiger partial charge in [-0.05, 0) is 43.2 Å². The monoisotopic (exact) mass is 704 g/mol. The fraction of sp³-hybridized carbons (Fsp3) is 0.345. The fourth-order valence-corrected chi connectivity index (χ4v) is 9.35. The number of nitrogens with one attached hydrogen (secondary N) is 1. The van der Waals surface area contributed by atoms with Crippen LogP contribution in [0.25, 0.3) is 0 Å². The summed E-state index contributed by atoms with van der Waals surface area (Å²) in [6.07, 6.45) is -0.301. The van der Waals surface area contributed by atoms with Gasteiger partial charge in [-0.1, -0.05) is 24.4 Å². The number of amides is 3. The number of fused-ring (bicyclic) bond motifs is 1. The molecule has 1 unspecified atom stereocenters. The summed E-state index contributed by atoms with van der Waals surface area (Å²) in [4.78, 5) is 76.9. The number of nitro groups is 1. The Hall–Kier alpha value is -4.39. The molecule has 5 rings (SSSR count). The second-order valence-electron chi connectivity index (χ2n) is 10.6. The van der Waals surface area contributed by atoms with E-state index in [-0.39, 0.29) is 42.4 Å². The van der Waals surface area contributed by atoms with E-state index in [0.717, 1.165) is 39.8 Å². The topological polar surface area (TPSA) is 206 Å². The van der Waals surface area contributed by atoms with Gasteiger partial charge in [-0.2, -0.15) is 0 Å². The highest BCUT2D eigenvalue weighted by Crippen LogP contribution is 2.55. The molecule has 18 heteroatoms. The van der Waals surface area contributed by atoms with E-state index in [2.05, 4.69) is 11.9 Å². The minimum atomic E-state index is -1.31. The Morgan fingerprint density at radius 3 is 2.57 bits per heavy atom. The number of non-ortho nitro benzene ring substituents is 1. The number of carbonyl (C=O) groups is 5. The molecule has 0 saturated carbocycles. The Balaban J connectivity index is 1.32. The van der Waals surface area contributed by atoms with Gasteiger partial charge in [0, 0.05) is 23.9 Å². The zero-order chi connectivity index (χ0) is 34.0. The molecule has 0 aliphatic carbocycles. The van der Waals surface area contributed by atoms with Gasteiger partial charge in [-0.3, -0.25) is 29.5 Å². The summed E-state index contributed by atoms with van der Waals surface area (Å²) in [6, 6.07) is 7.37. The molecular weight excluding hydrogens is 677 g/mol. The van der Waals surface area contributed by atoms with Crippen LogP contribution < -0.4 is 5.32 Å². The number of rotatable bonds is 12. The first-order chi connectivity index (χ1) is 22.4. The van der Waals surface area contributed by atoms with Crippen LogP contribution in [0.5, 0.6) is 0 Å². The fourth-order valence-electron chi connectivity index (χ4n) is 5.18. The number of aliphatic hydroxyl groups is 1. The van der Waals surface area contributed by atoms with E-state index in [9.17, 15) is 44.3 Å². The van der Waals surface area contributed by atoms with Gasteiger partial charge in [-0.25, -0.2) is 14.4 Å².